The van der Waals surface area contributed by atoms with E-state index in [1.54, 1.807) is 17.5 Å². The molecule has 0 amide bonds. The number of nitrogens with one attached hydrogen (secondary N) is 3. The number of nitrogens with zero attached hydrogens (tertiary/aromatic N) is 3. The third-order valence-electron chi connectivity index (χ3n) is 4.49. The standard InChI is InChI=1S/C18H22N6S/c1-3-7-20-15(11-4-5-11)16-13(10-19)17-18(24(16)2)22-14(25-17)9-12-6-8-21-23-12/h6,8,10,19-20H,3-5,7,9H2,1-2H3,(H,21,23). The first-order chi connectivity index (χ1) is 12.2. The third kappa shape index (κ3) is 2.89. The summed E-state index contributed by atoms with van der Waals surface area (Å²) >= 11 is 1.67. The minimum Gasteiger partial charge on any atom is -0.383 e. The quantitative estimate of drug-likeness (QED) is 0.568. The highest BCUT2D eigenvalue weighted by Crippen LogP contribution is 2.39. The number of allylic oxidation sites excluding steroid dienone is 1. The molecule has 0 aliphatic heterocycles. The monoisotopic (exact) mass is 354 g/mol. The molecule has 7 heteroatoms. The van der Waals surface area contributed by atoms with Crippen LogP contribution in [0.25, 0.3) is 16.0 Å². The Labute approximate surface area is 150 Å². The van der Waals surface area contributed by atoms with E-state index in [2.05, 4.69) is 34.1 Å². The number of fused-ring (bicyclic) bond motifs is 1. The van der Waals surface area contributed by atoms with Crippen molar-refractivity contribution in [1.82, 2.24) is 25.1 Å². The summed E-state index contributed by atoms with van der Waals surface area (Å²) in [6, 6.07) is 1.97. The Hall–Kier alpha value is -2.41. The number of rotatable bonds is 7. The van der Waals surface area contributed by atoms with Crippen LogP contribution in [0.2, 0.25) is 0 Å². The molecule has 130 valence electrons. The first-order valence-electron chi connectivity index (χ1n) is 8.66. The van der Waals surface area contributed by atoms with Gasteiger partial charge in [0.1, 0.15) is 5.01 Å². The molecule has 0 bridgehead atoms. The summed E-state index contributed by atoms with van der Waals surface area (Å²) in [5, 5.41) is 19.6. The van der Waals surface area contributed by atoms with Crippen molar-refractivity contribution >= 4 is 33.6 Å². The molecule has 4 rings (SSSR count). The van der Waals surface area contributed by atoms with Crippen molar-refractivity contribution in [2.75, 3.05) is 6.54 Å². The predicted molar refractivity (Wildman–Crippen MR) is 102 cm³/mol. The number of hydrogen-bond donors (Lipinski definition) is 3. The van der Waals surface area contributed by atoms with Gasteiger partial charge in [-0.3, -0.25) is 5.10 Å². The van der Waals surface area contributed by atoms with Crippen molar-refractivity contribution in [3.8, 4) is 0 Å². The molecule has 25 heavy (non-hydrogen) atoms. The molecule has 3 aromatic rings. The Morgan fingerprint density at radius 1 is 1.48 bits per heavy atom. The van der Waals surface area contributed by atoms with Gasteiger partial charge < -0.3 is 15.3 Å². The Balaban J connectivity index is 1.78. The molecule has 3 heterocycles. The van der Waals surface area contributed by atoms with E-state index in [0.717, 1.165) is 64.5 Å². The normalized spacial score (nSPS) is 13.4. The first kappa shape index (κ1) is 16.1. The van der Waals surface area contributed by atoms with Crippen LogP contribution in [0.15, 0.2) is 17.8 Å². The number of aryl methyl sites for hydroxylation is 1. The summed E-state index contributed by atoms with van der Waals surface area (Å²) in [5.41, 5.74) is 6.78. The van der Waals surface area contributed by atoms with Crippen LogP contribution in [-0.2, 0) is 13.5 Å². The Morgan fingerprint density at radius 2 is 2.32 bits per heavy atom. The fraction of sp³-hybridized carbons (Fsp3) is 0.389. The highest BCUT2D eigenvalue weighted by Gasteiger charge is 2.26. The zero-order valence-corrected chi connectivity index (χ0v) is 15.3. The van der Waals surface area contributed by atoms with Gasteiger partial charge in [-0.2, -0.15) is 5.10 Å². The smallest absolute Gasteiger partial charge is 0.152 e. The van der Waals surface area contributed by atoms with Crippen molar-refractivity contribution in [2.45, 2.75) is 32.6 Å². The fourth-order valence-corrected chi connectivity index (χ4v) is 4.28. The molecule has 0 spiro atoms. The maximum Gasteiger partial charge on any atom is 0.152 e. The van der Waals surface area contributed by atoms with Gasteiger partial charge in [-0.1, -0.05) is 6.92 Å². The first-order valence-corrected chi connectivity index (χ1v) is 9.47. The number of hydrogen-bond acceptors (Lipinski definition) is 5. The molecule has 3 N–H and O–H groups in total. The molecule has 1 aliphatic carbocycles. The average Bonchev–Trinajstić information content (AvgIpc) is 3.06. The lowest BCUT2D eigenvalue weighted by Gasteiger charge is -2.13. The van der Waals surface area contributed by atoms with Crippen LogP contribution in [0, 0.1) is 5.41 Å². The SMILES string of the molecule is CCCNC(=C1CC1)c1c(C=N)c2sc(Cc3ccn[nH]3)nc2n1C. The third-order valence-corrected chi connectivity index (χ3v) is 5.57. The van der Waals surface area contributed by atoms with Gasteiger partial charge in [0.05, 0.1) is 16.1 Å². The maximum absolute atomic E-state index is 7.99. The van der Waals surface area contributed by atoms with E-state index in [1.807, 2.05) is 6.07 Å². The Morgan fingerprint density at radius 3 is 2.96 bits per heavy atom. The molecule has 1 aliphatic rings. The van der Waals surface area contributed by atoms with Gasteiger partial charge in [-0.05, 0) is 30.9 Å². The molecule has 1 fully saturated rings. The van der Waals surface area contributed by atoms with Crippen LogP contribution < -0.4 is 5.32 Å². The van der Waals surface area contributed by atoms with E-state index in [-0.39, 0.29) is 0 Å². The molecule has 0 radical (unpaired) electrons. The highest BCUT2D eigenvalue weighted by molar-refractivity contribution is 7.19. The number of aromatic amines is 1. The van der Waals surface area contributed by atoms with Gasteiger partial charge in [0.25, 0.3) is 0 Å². The van der Waals surface area contributed by atoms with Gasteiger partial charge in [0.2, 0.25) is 0 Å². The summed E-state index contributed by atoms with van der Waals surface area (Å²) < 4.78 is 3.24. The van der Waals surface area contributed by atoms with Gasteiger partial charge in [0, 0.05) is 43.7 Å². The number of H-pyrrole nitrogens is 1. The second-order valence-electron chi connectivity index (χ2n) is 6.39. The van der Waals surface area contributed by atoms with Crippen LogP contribution in [0.3, 0.4) is 0 Å². The summed E-state index contributed by atoms with van der Waals surface area (Å²) in [4.78, 5) is 4.84. The fourth-order valence-electron chi connectivity index (χ4n) is 3.15. The maximum atomic E-state index is 7.99. The molecule has 0 atom stereocenters. The van der Waals surface area contributed by atoms with Gasteiger partial charge in [-0.15, -0.1) is 11.3 Å². The lowest BCUT2D eigenvalue weighted by atomic mass is 10.2. The van der Waals surface area contributed by atoms with Crippen molar-refractivity contribution in [1.29, 1.82) is 5.41 Å². The van der Waals surface area contributed by atoms with E-state index in [1.165, 1.54) is 17.5 Å². The lowest BCUT2D eigenvalue weighted by molar-refractivity contribution is 0.805. The van der Waals surface area contributed by atoms with Gasteiger partial charge >= 0.3 is 0 Å². The van der Waals surface area contributed by atoms with Crippen molar-refractivity contribution in [3.05, 3.63) is 39.8 Å². The Bertz CT molecular complexity index is 938. The molecule has 0 aromatic carbocycles. The topological polar surface area (TPSA) is 82.4 Å². The summed E-state index contributed by atoms with van der Waals surface area (Å²) in [6.45, 7) is 3.13. The van der Waals surface area contributed by atoms with E-state index in [4.69, 9.17) is 10.4 Å². The van der Waals surface area contributed by atoms with E-state index < -0.39 is 0 Å². The minimum atomic E-state index is 0.744. The zero-order chi connectivity index (χ0) is 17.4. The van der Waals surface area contributed by atoms with Crippen LogP contribution in [-0.4, -0.2) is 32.5 Å². The largest absolute Gasteiger partial charge is 0.383 e. The second-order valence-corrected chi connectivity index (χ2v) is 7.47. The Kier molecular flexibility index (Phi) is 4.17. The zero-order valence-electron chi connectivity index (χ0n) is 14.5. The minimum absolute atomic E-state index is 0.744. The van der Waals surface area contributed by atoms with Crippen molar-refractivity contribution < 1.29 is 0 Å². The van der Waals surface area contributed by atoms with Gasteiger partial charge in [0.15, 0.2) is 5.65 Å². The summed E-state index contributed by atoms with van der Waals surface area (Å²) in [7, 11) is 2.06. The lowest BCUT2D eigenvalue weighted by Crippen LogP contribution is -2.16. The van der Waals surface area contributed by atoms with E-state index >= 15 is 0 Å². The predicted octanol–water partition coefficient (Wildman–Crippen LogP) is 3.45. The molecule has 0 unspecified atom stereocenters. The molecule has 1 saturated carbocycles. The molecule has 6 nitrogen and oxygen atoms in total. The van der Waals surface area contributed by atoms with Crippen LogP contribution >= 0.6 is 11.3 Å². The summed E-state index contributed by atoms with van der Waals surface area (Å²) in [6.07, 6.45) is 7.38. The molecular formula is C18H22N6S. The summed E-state index contributed by atoms with van der Waals surface area (Å²) in [5.74, 6) is 0. The number of aromatic nitrogens is 4. The van der Waals surface area contributed by atoms with Gasteiger partial charge in [-0.25, -0.2) is 4.98 Å². The highest BCUT2D eigenvalue weighted by atomic mass is 32.1. The molecule has 0 saturated heterocycles. The average molecular weight is 354 g/mol. The second kappa shape index (κ2) is 6.48. The van der Waals surface area contributed by atoms with Crippen LogP contribution in [0.1, 0.15) is 48.1 Å². The van der Waals surface area contributed by atoms with Crippen LogP contribution in [0.4, 0.5) is 0 Å². The molecule has 3 aromatic heterocycles. The van der Waals surface area contributed by atoms with E-state index in [9.17, 15) is 0 Å². The van der Waals surface area contributed by atoms with Crippen molar-refractivity contribution in [3.63, 3.8) is 0 Å². The number of thiazole rings is 1. The molecular weight excluding hydrogens is 332 g/mol. The van der Waals surface area contributed by atoms with Crippen LogP contribution in [0.5, 0.6) is 0 Å². The van der Waals surface area contributed by atoms with E-state index in [0.29, 0.717) is 0 Å². The van der Waals surface area contributed by atoms with Crippen molar-refractivity contribution in [2.24, 2.45) is 7.05 Å².